The maximum atomic E-state index is 12.8. The van der Waals surface area contributed by atoms with Crippen molar-refractivity contribution in [1.29, 1.82) is 0 Å². The van der Waals surface area contributed by atoms with Crippen LogP contribution in [0.1, 0.15) is 22.3 Å². The summed E-state index contributed by atoms with van der Waals surface area (Å²) in [6.07, 6.45) is 0. The highest BCUT2D eigenvalue weighted by atomic mass is 32.2. The van der Waals surface area contributed by atoms with E-state index in [1.54, 1.807) is 24.3 Å². The summed E-state index contributed by atoms with van der Waals surface area (Å²) in [7, 11) is -3.45. The largest absolute Gasteiger partial charge is 0.218 e. The molecule has 0 N–H and O–H groups in total. The number of aryl methyl sites for hydroxylation is 2. The summed E-state index contributed by atoms with van der Waals surface area (Å²) in [6, 6.07) is 10.6. The first-order valence-electron chi connectivity index (χ1n) is 6.23. The van der Waals surface area contributed by atoms with Gasteiger partial charge in [0.05, 0.1) is 9.79 Å². The Morgan fingerprint density at radius 1 is 0.789 bits per heavy atom. The first kappa shape index (κ1) is 13.8. The topological polar surface area (TPSA) is 34.1 Å². The molecule has 2 rings (SSSR count). The van der Waals surface area contributed by atoms with Crippen LogP contribution in [0, 0.1) is 27.7 Å². The van der Waals surface area contributed by atoms with Gasteiger partial charge in [-0.05, 0) is 62.1 Å². The average Bonchev–Trinajstić information content (AvgIpc) is 2.37. The van der Waals surface area contributed by atoms with Crippen molar-refractivity contribution in [3.63, 3.8) is 0 Å². The zero-order valence-corrected chi connectivity index (χ0v) is 12.5. The molecule has 0 aliphatic rings. The van der Waals surface area contributed by atoms with Crippen molar-refractivity contribution in [2.75, 3.05) is 0 Å². The van der Waals surface area contributed by atoms with Crippen molar-refractivity contribution in [3.8, 4) is 0 Å². The summed E-state index contributed by atoms with van der Waals surface area (Å²) in [5.41, 5.74) is 3.70. The van der Waals surface area contributed by atoms with Gasteiger partial charge in [0, 0.05) is 0 Å². The van der Waals surface area contributed by atoms with Gasteiger partial charge in [0.15, 0.2) is 0 Å². The van der Waals surface area contributed by atoms with Crippen LogP contribution in [0.25, 0.3) is 0 Å². The Labute approximate surface area is 115 Å². The molecule has 0 aliphatic heterocycles. The lowest BCUT2D eigenvalue weighted by Gasteiger charge is -2.15. The molecule has 0 atom stereocenters. The molecule has 100 valence electrons. The predicted molar refractivity (Wildman–Crippen MR) is 77.3 cm³/mol. The van der Waals surface area contributed by atoms with Gasteiger partial charge in [0.2, 0.25) is 9.84 Å². The zero-order valence-electron chi connectivity index (χ0n) is 11.7. The molecule has 0 spiro atoms. The average molecular weight is 274 g/mol. The van der Waals surface area contributed by atoms with Gasteiger partial charge in [-0.25, -0.2) is 8.42 Å². The second-order valence-corrected chi connectivity index (χ2v) is 6.79. The van der Waals surface area contributed by atoms with Crippen LogP contribution >= 0.6 is 0 Å². The van der Waals surface area contributed by atoms with Gasteiger partial charge in [0.1, 0.15) is 0 Å². The highest BCUT2D eigenvalue weighted by Crippen LogP contribution is 2.30. The van der Waals surface area contributed by atoms with E-state index >= 15 is 0 Å². The molecule has 3 heteroatoms. The Hall–Kier alpha value is -1.61. The minimum Gasteiger partial charge on any atom is -0.218 e. The summed E-state index contributed by atoms with van der Waals surface area (Å²) in [5, 5.41) is 0. The van der Waals surface area contributed by atoms with E-state index in [2.05, 4.69) is 0 Å². The molecule has 0 bridgehead atoms. The molecule has 2 aromatic carbocycles. The van der Waals surface area contributed by atoms with E-state index < -0.39 is 9.84 Å². The fourth-order valence-electron chi connectivity index (χ4n) is 2.30. The van der Waals surface area contributed by atoms with Crippen LogP contribution in [0.5, 0.6) is 0 Å². The lowest BCUT2D eigenvalue weighted by atomic mass is 10.0. The minimum absolute atomic E-state index is 0.353. The fourth-order valence-corrected chi connectivity index (χ4v) is 4.18. The molecule has 2 nitrogen and oxygen atoms in total. The van der Waals surface area contributed by atoms with Crippen molar-refractivity contribution in [3.05, 3.63) is 58.7 Å². The molecular formula is C16H18O2S. The third-order valence-electron chi connectivity index (χ3n) is 3.62. The van der Waals surface area contributed by atoms with E-state index in [0.717, 1.165) is 22.3 Å². The van der Waals surface area contributed by atoms with E-state index in [4.69, 9.17) is 0 Å². The maximum Gasteiger partial charge on any atom is 0.207 e. The van der Waals surface area contributed by atoms with E-state index in [0.29, 0.717) is 9.79 Å². The van der Waals surface area contributed by atoms with E-state index in [9.17, 15) is 8.42 Å². The summed E-state index contributed by atoms with van der Waals surface area (Å²) >= 11 is 0. The standard InChI is InChI=1S/C16H18O2S/c1-11-10-12(2)14(4)16(13(11)3)19(17,18)15-8-6-5-7-9-15/h5-10H,1-4H3. The van der Waals surface area contributed by atoms with Crippen molar-refractivity contribution in [2.45, 2.75) is 37.5 Å². The first-order valence-corrected chi connectivity index (χ1v) is 7.71. The number of hydrogen-bond donors (Lipinski definition) is 0. The number of hydrogen-bond acceptors (Lipinski definition) is 2. The smallest absolute Gasteiger partial charge is 0.207 e. The van der Waals surface area contributed by atoms with Crippen molar-refractivity contribution in [1.82, 2.24) is 0 Å². The SMILES string of the molecule is Cc1cc(C)c(C)c(S(=O)(=O)c2ccccc2)c1C. The summed E-state index contributed by atoms with van der Waals surface area (Å²) in [6.45, 7) is 7.65. The Kier molecular flexibility index (Phi) is 3.50. The highest BCUT2D eigenvalue weighted by molar-refractivity contribution is 7.91. The molecule has 0 aromatic heterocycles. The van der Waals surface area contributed by atoms with E-state index in [1.807, 2.05) is 39.8 Å². The molecular weight excluding hydrogens is 256 g/mol. The van der Waals surface area contributed by atoms with Crippen LogP contribution < -0.4 is 0 Å². The molecule has 19 heavy (non-hydrogen) atoms. The minimum atomic E-state index is -3.45. The molecule has 0 heterocycles. The number of sulfone groups is 1. The lowest BCUT2D eigenvalue weighted by Crippen LogP contribution is -2.08. The van der Waals surface area contributed by atoms with Gasteiger partial charge in [-0.3, -0.25) is 0 Å². The summed E-state index contributed by atoms with van der Waals surface area (Å²) in [4.78, 5) is 0.808. The van der Waals surface area contributed by atoms with Gasteiger partial charge in [-0.1, -0.05) is 24.3 Å². The fraction of sp³-hybridized carbons (Fsp3) is 0.250. The van der Waals surface area contributed by atoms with Crippen molar-refractivity contribution in [2.24, 2.45) is 0 Å². The van der Waals surface area contributed by atoms with Gasteiger partial charge >= 0.3 is 0 Å². The van der Waals surface area contributed by atoms with Gasteiger partial charge < -0.3 is 0 Å². The molecule has 2 aromatic rings. The molecule has 0 saturated carbocycles. The third kappa shape index (κ3) is 2.30. The molecule has 0 fully saturated rings. The van der Waals surface area contributed by atoms with Gasteiger partial charge in [0.25, 0.3) is 0 Å². The Morgan fingerprint density at radius 2 is 1.26 bits per heavy atom. The Morgan fingerprint density at radius 3 is 1.74 bits per heavy atom. The molecule has 0 saturated heterocycles. The lowest BCUT2D eigenvalue weighted by molar-refractivity contribution is 0.594. The number of rotatable bonds is 2. The van der Waals surface area contributed by atoms with Gasteiger partial charge in [-0.15, -0.1) is 0 Å². The number of benzene rings is 2. The second-order valence-electron chi connectivity index (χ2n) is 4.91. The van der Waals surface area contributed by atoms with Crippen LogP contribution in [-0.4, -0.2) is 8.42 Å². The van der Waals surface area contributed by atoms with Crippen LogP contribution in [-0.2, 0) is 9.84 Å². The normalized spacial score (nSPS) is 11.6. The van der Waals surface area contributed by atoms with E-state index in [1.165, 1.54) is 0 Å². The van der Waals surface area contributed by atoms with Crippen LogP contribution in [0.2, 0.25) is 0 Å². The second kappa shape index (κ2) is 4.82. The monoisotopic (exact) mass is 274 g/mol. The van der Waals surface area contributed by atoms with Gasteiger partial charge in [-0.2, -0.15) is 0 Å². The molecule has 0 aliphatic carbocycles. The molecule has 0 unspecified atom stereocenters. The first-order chi connectivity index (χ1) is 8.85. The van der Waals surface area contributed by atoms with Crippen molar-refractivity contribution >= 4 is 9.84 Å². The summed E-state index contributed by atoms with van der Waals surface area (Å²) < 4.78 is 25.6. The molecule has 0 radical (unpaired) electrons. The van der Waals surface area contributed by atoms with E-state index in [-0.39, 0.29) is 0 Å². The predicted octanol–water partition coefficient (Wildman–Crippen LogP) is 3.75. The van der Waals surface area contributed by atoms with Crippen LogP contribution in [0.3, 0.4) is 0 Å². The Bertz CT molecular complexity index is 688. The molecule has 0 amide bonds. The zero-order chi connectivity index (χ0) is 14.2. The third-order valence-corrected chi connectivity index (χ3v) is 5.66. The highest BCUT2D eigenvalue weighted by Gasteiger charge is 2.23. The van der Waals surface area contributed by atoms with Crippen LogP contribution in [0.4, 0.5) is 0 Å². The summed E-state index contributed by atoms with van der Waals surface area (Å²) in [5.74, 6) is 0. The maximum absolute atomic E-state index is 12.8. The van der Waals surface area contributed by atoms with Crippen molar-refractivity contribution < 1.29 is 8.42 Å². The quantitative estimate of drug-likeness (QED) is 0.835. The van der Waals surface area contributed by atoms with Crippen LogP contribution in [0.15, 0.2) is 46.2 Å². The Balaban J connectivity index is 2.80.